The molecule has 1 aliphatic heterocycles. The number of carbonyl (C=O) groups excluding carboxylic acids is 1. The number of phenols is 1. The maximum Gasteiger partial charge on any atom is 0.262 e. The number of phenolic OH excluding ortho intramolecular Hbond substituents is 1. The molecule has 33 heavy (non-hydrogen) atoms. The van der Waals surface area contributed by atoms with E-state index in [4.69, 9.17) is 4.74 Å². The fourth-order valence-electron chi connectivity index (χ4n) is 4.76. The SMILES string of the molecule is C=CCc1cc(/C=C2\SC(Nc3ccccc3)N([C@@H]3CCCC[C@H]3C)C2=O)cc(OC)c1O. The van der Waals surface area contributed by atoms with Crippen LogP contribution in [0.4, 0.5) is 5.69 Å². The number of allylic oxidation sites excluding steroid dienone is 1. The van der Waals surface area contributed by atoms with E-state index in [1.165, 1.54) is 13.5 Å². The van der Waals surface area contributed by atoms with Gasteiger partial charge in [0.2, 0.25) is 0 Å². The molecule has 0 aromatic heterocycles. The zero-order valence-corrected chi connectivity index (χ0v) is 20.1. The number of benzene rings is 2. The summed E-state index contributed by atoms with van der Waals surface area (Å²) in [6, 6.07) is 13.9. The third-order valence-electron chi connectivity index (χ3n) is 6.48. The lowest BCUT2D eigenvalue weighted by Crippen LogP contribution is -2.48. The lowest BCUT2D eigenvalue weighted by molar-refractivity contribution is -0.129. The fraction of sp³-hybridized carbons (Fsp3) is 0.370. The van der Waals surface area contributed by atoms with Gasteiger partial charge in [0.15, 0.2) is 17.0 Å². The maximum atomic E-state index is 13.7. The summed E-state index contributed by atoms with van der Waals surface area (Å²) >= 11 is 1.55. The van der Waals surface area contributed by atoms with Gasteiger partial charge in [-0.15, -0.1) is 6.58 Å². The first-order chi connectivity index (χ1) is 16.0. The first-order valence-electron chi connectivity index (χ1n) is 11.5. The summed E-state index contributed by atoms with van der Waals surface area (Å²) in [7, 11) is 1.53. The number of thioether (sulfide) groups is 1. The Morgan fingerprint density at radius 2 is 2.00 bits per heavy atom. The normalized spacial score (nSPS) is 24.2. The third-order valence-corrected chi connectivity index (χ3v) is 7.60. The Kier molecular flexibility index (Phi) is 7.33. The average Bonchev–Trinajstić information content (AvgIpc) is 3.11. The Morgan fingerprint density at radius 1 is 1.24 bits per heavy atom. The summed E-state index contributed by atoms with van der Waals surface area (Å²) in [5.74, 6) is 1.04. The Hall–Kier alpha value is -2.86. The molecule has 2 aliphatic rings. The molecule has 2 fully saturated rings. The first kappa shape index (κ1) is 23.3. The number of methoxy groups -OCH3 is 1. The highest BCUT2D eigenvalue weighted by atomic mass is 32.2. The van der Waals surface area contributed by atoms with Crippen molar-refractivity contribution < 1.29 is 14.6 Å². The molecule has 6 heteroatoms. The van der Waals surface area contributed by atoms with Crippen LogP contribution in [0.5, 0.6) is 11.5 Å². The van der Waals surface area contributed by atoms with Crippen LogP contribution in [0.1, 0.15) is 43.7 Å². The number of para-hydroxylation sites is 1. The van der Waals surface area contributed by atoms with Crippen LogP contribution in [0.3, 0.4) is 0 Å². The van der Waals surface area contributed by atoms with Gasteiger partial charge in [0.25, 0.3) is 5.91 Å². The standard InChI is InChI=1S/C27H32N2O3S/c1-4-10-20-15-19(16-23(32-3)25(20)30)17-24-26(31)29(22-14-9-8-11-18(22)2)27(33-24)28-21-12-6-5-7-13-21/h4-7,12-13,15-18,22,27-28,30H,1,8-11,14H2,2-3H3/b24-17-/t18-,22-,27?/m1/s1. The number of hydrogen-bond donors (Lipinski definition) is 2. The maximum absolute atomic E-state index is 13.7. The second kappa shape index (κ2) is 10.4. The molecule has 4 rings (SSSR count). The zero-order valence-electron chi connectivity index (χ0n) is 19.3. The topological polar surface area (TPSA) is 61.8 Å². The molecule has 1 aliphatic carbocycles. The number of nitrogens with one attached hydrogen (secondary N) is 1. The Morgan fingerprint density at radius 3 is 2.70 bits per heavy atom. The predicted octanol–water partition coefficient (Wildman–Crippen LogP) is 6.02. The summed E-state index contributed by atoms with van der Waals surface area (Å²) < 4.78 is 5.37. The molecule has 2 aromatic rings. The zero-order chi connectivity index (χ0) is 23.4. The van der Waals surface area contributed by atoms with Crippen LogP contribution in [0.15, 0.2) is 60.0 Å². The van der Waals surface area contributed by atoms with Gasteiger partial charge in [0.05, 0.1) is 12.0 Å². The van der Waals surface area contributed by atoms with Gasteiger partial charge in [0, 0.05) is 17.3 Å². The lowest BCUT2D eigenvalue weighted by atomic mass is 9.85. The van der Waals surface area contributed by atoms with E-state index in [-0.39, 0.29) is 23.2 Å². The number of carbonyl (C=O) groups is 1. The van der Waals surface area contributed by atoms with E-state index in [1.807, 2.05) is 42.5 Å². The van der Waals surface area contributed by atoms with Crippen molar-refractivity contribution in [1.82, 2.24) is 4.90 Å². The van der Waals surface area contributed by atoms with Crippen molar-refractivity contribution in [3.8, 4) is 11.5 Å². The monoisotopic (exact) mass is 464 g/mol. The molecule has 1 amide bonds. The lowest BCUT2D eigenvalue weighted by Gasteiger charge is -2.39. The van der Waals surface area contributed by atoms with E-state index < -0.39 is 0 Å². The van der Waals surface area contributed by atoms with Crippen molar-refractivity contribution in [1.29, 1.82) is 0 Å². The summed E-state index contributed by atoms with van der Waals surface area (Å²) in [6.45, 7) is 6.04. The molecule has 174 valence electrons. The Labute approximate surface area is 200 Å². The van der Waals surface area contributed by atoms with E-state index >= 15 is 0 Å². The second-order valence-corrected chi connectivity index (χ2v) is 9.88. The van der Waals surface area contributed by atoms with Crippen LogP contribution >= 0.6 is 11.8 Å². The molecule has 0 radical (unpaired) electrons. The molecule has 0 bridgehead atoms. The van der Waals surface area contributed by atoms with Crippen LogP contribution in [-0.4, -0.2) is 34.6 Å². The van der Waals surface area contributed by atoms with Crippen molar-refractivity contribution in [2.45, 2.75) is 50.6 Å². The van der Waals surface area contributed by atoms with E-state index in [0.717, 1.165) is 36.1 Å². The fourth-order valence-corrected chi connectivity index (χ4v) is 5.97. The minimum absolute atomic E-state index is 0.0597. The summed E-state index contributed by atoms with van der Waals surface area (Å²) in [4.78, 5) is 16.4. The van der Waals surface area contributed by atoms with Crippen LogP contribution in [-0.2, 0) is 11.2 Å². The van der Waals surface area contributed by atoms with Gasteiger partial charge in [-0.1, -0.05) is 55.8 Å². The molecular formula is C27H32N2O3S. The molecule has 1 unspecified atom stereocenters. The van der Waals surface area contributed by atoms with Crippen molar-refractivity contribution in [3.63, 3.8) is 0 Å². The van der Waals surface area contributed by atoms with Gasteiger partial charge in [0.1, 0.15) is 0 Å². The number of aromatic hydroxyl groups is 1. The molecule has 2 aromatic carbocycles. The number of rotatable bonds is 7. The van der Waals surface area contributed by atoms with Gasteiger partial charge >= 0.3 is 0 Å². The minimum atomic E-state index is -0.164. The first-order valence-corrected chi connectivity index (χ1v) is 12.4. The largest absolute Gasteiger partial charge is 0.504 e. The Balaban J connectivity index is 1.69. The van der Waals surface area contributed by atoms with Crippen molar-refractivity contribution in [2.75, 3.05) is 12.4 Å². The highest BCUT2D eigenvalue weighted by Gasteiger charge is 2.42. The molecule has 1 saturated carbocycles. The number of anilines is 1. The average molecular weight is 465 g/mol. The van der Waals surface area contributed by atoms with Crippen LogP contribution in [0.25, 0.3) is 6.08 Å². The van der Waals surface area contributed by atoms with Gasteiger partial charge in [-0.05, 0) is 61.1 Å². The van der Waals surface area contributed by atoms with Crippen LogP contribution < -0.4 is 10.1 Å². The predicted molar refractivity (Wildman–Crippen MR) is 136 cm³/mol. The van der Waals surface area contributed by atoms with Gasteiger partial charge in [-0.2, -0.15) is 0 Å². The number of nitrogens with zero attached hydrogens (tertiary/aromatic N) is 1. The molecular weight excluding hydrogens is 432 g/mol. The van der Waals surface area contributed by atoms with Crippen molar-refractivity contribution in [2.24, 2.45) is 5.92 Å². The summed E-state index contributed by atoms with van der Waals surface area (Å²) in [5, 5.41) is 14.0. The number of amides is 1. The van der Waals surface area contributed by atoms with Crippen molar-refractivity contribution >= 4 is 29.4 Å². The van der Waals surface area contributed by atoms with E-state index in [0.29, 0.717) is 23.0 Å². The van der Waals surface area contributed by atoms with Crippen LogP contribution in [0.2, 0.25) is 0 Å². The minimum Gasteiger partial charge on any atom is -0.504 e. The van der Waals surface area contributed by atoms with Gasteiger partial charge < -0.3 is 20.1 Å². The highest BCUT2D eigenvalue weighted by molar-refractivity contribution is 8.05. The second-order valence-electron chi connectivity index (χ2n) is 8.75. The molecule has 1 saturated heterocycles. The van der Waals surface area contributed by atoms with Crippen molar-refractivity contribution in [3.05, 3.63) is 71.2 Å². The van der Waals surface area contributed by atoms with E-state index in [9.17, 15) is 9.90 Å². The molecule has 2 N–H and O–H groups in total. The summed E-state index contributed by atoms with van der Waals surface area (Å²) in [6.07, 6.45) is 8.73. The van der Waals surface area contributed by atoms with E-state index in [1.54, 1.807) is 23.9 Å². The highest BCUT2D eigenvalue weighted by Crippen LogP contribution is 2.43. The Bertz CT molecular complexity index is 1040. The quantitative estimate of drug-likeness (QED) is 0.388. The number of ether oxygens (including phenoxy) is 1. The molecule has 1 heterocycles. The van der Waals surface area contributed by atoms with Gasteiger partial charge in [-0.25, -0.2) is 0 Å². The molecule has 3 atom stereocenters. The van der Waals surface area contributed by atoms with Crippen LogP contribution in [0, 0.1) is 5.92 Å². The van der Waals surface area contributed by atoms with Gasteiger partial charge in [-0.3, -0.25) is 4.79 Å². The molecule has 0 spiro atoms. The smallest absolute Gasteiger partial charge is 0.262 e. The summed E-state index contributed by atoms with van der Waals surface area (Å²) in [5.41, 5.74) is 2.39. The molecule has 5 nitrogen and oxygen atoms in total. The van der Waals surface area contributed by atoms with E-state index in [2.05, 4.69) is 23.7 Å². The third kappa shape index (κ3) is 5.06. The number of hydrogen-bond acceptors (Lipinski definition) is 5.